The van der Waals surface area contributed by atoms with Crippen LogP contribution in [0.4, 0.5) is 5.95 Å². The fourth-order valence-electron chi connectivity index (χ4n) is 9.11. The van der Waals surface area contributed by atoms with Crippen molar-refractivity contribution in [2.75, 3.05) is 25.4 Å². The van der Waals surface area contributed by atoms with E-state index in [0.717, 1.165) is 33.4 Å². The summed E-state index contributed by atoms with van der Waals surface area (Å²) in [6.07, 6.45) is 1.45. The second-order valence-electron chi connectivity index (χ2n) is 16.1. The minimum atomic E-state index is -1.72. The highest BCUT2D eigenvalue weighted by atomic mass is 16.7. The van der Waals surface area contributed by atoms with Gasteiger partial charge in [-0.3, -0.25) is 4.84 Å². The molecule has 0 spiro atoms. The number of anilines is 1. The third-order valence-electron chi connectivity index (χ3n) is 12.3. The van der Waals surface area contributed by atoms with Gasteiger partial charge in [0.2, 0.25) is 5.88 Å². The Morgan fingerprint density at radius 2 is 1.14 bits per heavy atom. The van der Waals surface area contributed by atoms with Crippen LogP contribution in [0, 0.1) is 5.92 Å². The summed E-state index contributed by atoms with van der Waals surface area (Å²) in [6, 6.07) is 59.3. The Morgan fingerprint density at radius 3 is 1.64 bits per heavy atom. The number of benzene rings is 6. The summed E-state index contributed by atoms with van der Waals surface area (Å²) >= 11 is 0. The molecule has 1 aliphatic carbocycles. The Hall–Kier alpha value is -6.73. The summed E-state index contributed by atoms with van der Waals surface area (Å²) in [5, 5.41) is 25.9. The van der Waals surface area contributed by atoms with Gasteiger partial charge in [0, 0.05) is 5.92 Å². The van der Waals surface area contributed by atoms with Gasteiger partial charge >= 0.3 is 0 Å². The van der Waals surface area contributed by atoms with Gasteiger partial charge in [-0.05, 0) is 39.8 Å². The zero-order valence-electron chi connectivity index (χ0n) is 35.6. The normalized spacial score (nSPS) is 18.6. The number of aliphatic hydroxyl groups is 2. The van der Waals surface area contributed by atoms with Crippen LogP contribution < -0.4 is 9.80 Å². The fourth-order valence-corrected chi connectivity index (χ4v) is 9.11. The summed E-state index contributed by atoms with van der Waals surface area (Å²) in [5.41, 5.74) is 3.56. The SMILES string of the molecule is CON(c1nc(OCc2ccccc2)c2ncn(C3CC(OCc4ccccc4)C(COCc4ccccc4)C3(O)CO)c2n1)C(c1ccccc1)(c1ccccc1)c1ccccc1. The van der Waals surface area contributed by atoms with Crippen molar-refractivity contribution in [3.05, 3.63) is 222 Å². The lowest BCUT2D eigenvalue weighted by molar-refractivity contribution is -0.120. The second kappa shape index (κ2) is 19.3. The Balaban J connectivity index is 1.19. The number of imidazole rings is 1. The summed E-state index contributed by atoms with van der Waals surface area (Å²) < 4.78 is 21.4. The van der Waals surface area contributed by atoms with Gasteiger partial charge in [-0.25, -0.2) is 4.98 Å². The quantitative estimate of drug-likeness (QED) is 0.0639. The van der Waals surface area contributed by atoms with E-state index in [1.165, 1.54) is 0 Å². The second-order valence-corrected chi connectivity index (χ2v) is 16.1. The molecule has 11 nitrogen and oxygen atoms in total. The van der Waals surface area contributed by atoms with Gasteiger partial charge in [-0.1, -0.05) is 182 Å². The number of hydrogen-bond acceptors (Lipinski definition) is 10. The lowest BCUT2D eigenvalue weighted by atomic mass is 9.76. The van der Waals surface area contributed by atoms with Crippen molar-refractivity contribution < 1.29 is 29.3 Å². The zero-order valence-corrected chi connectivity index (χ0v) is 35.6. The first-order valence-corrected chi connectivity index (χ1v) is 21.6. The van der Waals surface area contributed by atoms with E-state index in [4.69, 9.17) is 34.0 Å². The van der Waals surface area contributed by atoms with Gasteiger partial charge in [0.1, 0.15) is 17.7 Å². The Kier molecular flexibility index (Phi) is 12.9. The van der Waals surface area contributed by atoms with Crippen molar-refractivity contribution in [2.45, 2.75) is 49.5 Å². The van der Waals surface area contributed by atoms with Crippen molar-refractivity contribution in [3.63, 3.8) is 0 Å². The van der Waals surface area contributed by atoms with Gasteiger partial charge in [-0.15, -0.1) is 0 Å². The van der Waals surface area contributed by atoms with Crippen molar-refractivity contribution in [2.24, 2.45) is 5.92 Å². The molecule has 64 heavy (non-hydrogen) atoms. The smallest absolute Gasteiger partial charge is 0.256 e. The molecule has 2 aromatic heterocycles. The van der Waals surface area contributed by atoms with Crippen LogP contribution in [0.25, 0.3) is 11.2 Å². The summed E-state index contributed by atoms with van der Waals surface area (Å²) in [6.45, 7) is 0.410. The van der Waals surface area contributed by atoms with Crippen LogP contribution in [0.3, 0.4) is 0 Å². The number of aromatic nitrogens is 4. The van der Waals surface area contributed by atoms with E-state index in [9.17, 15) is 10.2 Å². The average molecular weight is 854 g/mol. The van der Waals surface area contributed by atoms with E-state index in [-0.39, 0.29) is 25.0 Å². The average Bonchev–Trinajstić information content (AvgIpc) is 3.91. The highest BCUT2D eigenvalue weighted by Crippen LogP contribution is 2.48. The van der Waals surface area contributed by atoms with Crippen LogP contribution in [0.1, 0.15) is 45.8 Å². The number of aliphatic hydroxyl groups excluding tert-OH is 1. The molecule has 11 heteroatoms. The Labute approximate surface area is 373 Å². The molecule has 2 heterocycles. The van der Waals surface area contributed by atoms with Crippen molar-refractivity contribution in [3.8, 4) is 5.88 Å². The van der Waals surface area contributed by atoms with Gasteiger partial charge < -0.3 is 29.0 Å². The Morgan fingerprint density at radius 1 is 0.656 bits per heavy atom. The number of rotatable bonds is 18. The molecule has 9 rings (SSSR count). The predicted octanol–water partition coefficient (Wildman–Crippen LogP) is 8.85. The van der Waals surface area contributed by atoms with Crippen LogP contribution in [-0.4, -0.2) is 61.8 Å². The monoisotopic (exact) mass is 853 g/mol. The van der Waals surface area contributed by atoms with E-state index < -0.39 is 35.8 Å². The first-order valence-electron chi connectivity index (χ1n) is 21.6. The molecule has 0 aliphatic heterocycles. The van der Waals surface area contributed by atoms with Crippen LogP contribution >= 0.6 is 0 Å². The van der Waals surface area contributed by atoms with E-state index >= 15 is 0 Å². The molecule has 2 N–H and O–H groups in total. The molecule has 1 aliphatic rings. The third kappa shape index (κ3) is 8.39. The molecule has 324 valence electrons. The van der Waals surface area contributed by atoms with E-state index in [2.05, 4.69) is 36.4 Å². The predicted molar refractivity (Wildman–Crippen MR) is 245 cm³/mol. The molecule has 4 atom stereocenters. The largest absolute Gasteiger partial charge is 0.471 e. The lowest BCUT2D eigenvalue weighted by Crippen LogP contribution is -2.49. The minimum Gasteiger partial charge on any atom is -0.471 e. The van der Waals surface area contributed by atoms with Crippen molar-refractivity contribution in [1.82, 2.24) is 19.5 Å². The van der Waals surface area contributed by atoms with E-state index in [1.807, 2.05) is 150 Å². The Bertz CT molecular complexity index is 2600. The fraction of sp³-hybridized carbons (Fsp3) is 0.226. The van der Waals surface area contributed by atoms with Crippen molar-refractivity contribution in [1.29, 1.82) is 0 Å². The number of hydrogen-bond donors (Lipinski definition) is 2. The molecule has 1 fully saturated rings. The molecule has 0 saturated heterocycles. The van der Waals surface area contributed by atoms with Gasteiger partial charge in [0.25, 0.3) is 5.95 Å². The van der Waals surface area contributed by atoms with E-state index in [1.54, 1.807) is 18.5 Å². The maximum atomic E-state index is 12.9. The van der Waals surface area contributed by atoms with Gasteiger partial charge in [0.05, 0.1) is 52.0 Å². The maximum Gasteiger partial charge on any atom is 0.256 e. The van der Waals surface area contributed by atoms with Crippen LogP contribution in [-0.2, 0) is 39.7 Å². The molecular weight excluding hydrogens is 803 g/mol. The lowest BCUT2D eigenvalue weighted by Gasteiger charge is -2.43. The molecule has 1 saturated carbocycles. The van der Waals surface area contributed by atoms with Crippen LogP contribution in [0.5, 0.6) is 5.88 Å². The summed E-state index contributed by atoms with van der Waals surface area (Å²) in [4.78, 5) is 21.8. The minimum absolute atomic E-state index is 0.130. The zero-order chi connectivity index (χ0) is 43.8. The number of ether oxygens (including phenoxy) is 3. The maximum absolute atomic E-state index is 12.9. The molecule has 0 radical (unpaired) electrons. The highest BCUT2D eigenvalue weighted by Gasteiger charge is 2.56. The third-order valence-corrected chi connectivity index (χ3v) is 12.3. The first kappa shape index (κ1) is 42.6. The molecule has 0 bridgehead atoms. The highest BCUT2D eigenvalue weighted by molar-refractivity contribution is 5.78. The summed E-state index contributed by atoms with van der Waals surface area (Å²) in [5.74, 6) is -0.223. The first-order chi connectivity index (χ1) is 31.5. The molecule has 8 aromatic rings. The van der Waals surface area contributed by atoms with Crippen LogP contribution in [0.2, 0.25) is 0 Å². The van der Waals surface area contributed by atoms with Gasteiger partial charge in [0.15, 0.2) is 11.2 Å². The topological polar surface area (TPSA) is 124 Å². The molecular formula is C53H51N5O6. The number of hydroxylamine groups is 1. The van der Waals surface area contributed by atoms with Crippen molar-refractivity contribution >= 4 is 17.1 Å². The number of fused-ring (bicyclic) bond motifs is 1. The summed E-state index contributed by atoms with van der Waals surface area (Å²) in [7, 11) is 1.61. The van der Waals surface area contributed by atoms with E-state index in [0.29, 0.717) is 30.8 Å². The van der Waals surface area contributed by atoms with Gasteiger partial charge in [-0.2, -0.15) is 15.0 Å². The standard InChI is InChI=1S/C53H51N5O6/c1-61-58(53(42-26-14-5-15-27-42,43-28-16-6-17-29-43)44-30-18-7-19-31-44)51-55-49-48(50(56-51)64-35-41-24-12-4-13-25-41)54-38-57(49)47-32-46(63-34-40-22-10-3-11-23-40)45(52(47,60)37-59)36-62-33-39-20-8-2-9-21-39/h2-31,38,45-47,59-60H,32-37H2,1H3. The number of nitrogens with zero attached hydrogens (tertiary/aromatic N) is 5. The van der Waals surface area contributed by atoms with Crippen LogP contribution in [0.15, 0.2) is 188 Å². The molecule has 4 unspecified atom stereocenters. The molecule has 6 aromatic carbocycles. The molecule has 0 amide bonds.